The van der Waals surface area contributed by atoms with E-state index in [-0.39, 0.29) is 6.04 Å². The third-order valence-electron chi connectivity index (χ3n) is 7.86. The van der Waals surface area contributed by atoms with Crippen molar-refractivity contribution >= 4 is 40.9 Å². The van der Waals surface area contributed by atoms with Crippen molar-refractivity contribution in [2.24, 2.45) is 11.8 Å². The Kier molecular flexibility index (Phi) is 8.63. The number of aryl methyl sites for hydroxylation is 2. The zero-order valence-corrected chi connectivity index (χ0v) is 23.1. The van der Waals surface area contributed by atoms with Gasteiger partial charge in [-0.25, -0.2) is 4.98 Å². The number of carbonyl (C=O) groups is 1. The summed E-state index contributed by atoms with van der Waals surface area (Å²) in [6, 6.07) is 5.57. The van der Waals surface area contributed by atoms with Crippen molar-refractivity contribution in [2.45, 2.75) is 65.5 Å². The molecule has 7 nitrogen and oxygen atoms in total. The largest absolute Gasteiger partial charge is 0.480 e. The third-order valence-corrected chi connectivity index (χ3v) is 8.64. The Labute approximate surface area is 224 Å². The summed E-state index contributed by atoms with van der Waals surface area (Å²) in [4.78, 5) is 25.4. The highest BCUT2D eigenvalue weighted by atomic mass is 35.5. The van der Waals surface area contributed by atoms with Crippen LogP contribution in [0.2, 0.25) is 10.0 Å². The summed E-state index contributed by atoms with van der Waals surface area (Å²) in [6.45, 7) is 11.3. The number of benzene rings is 1. The maximum atomic E-state index is 11.5. The van der Waals surface area contributed by atoms with Crippen LogP contribution in [-0.2, 0) is 4.79 Å². The molecule has 36 heavy (non-hydrogen) atoms. The van der Waals surface area contributed by atoms with Crippen molar-refractivity contribution in [1.29, 1.82) is 0 Å². The van der Waals surface area contributed by atoms with Gasteiger partial charge in [0.15, 0.2) is 5.82 Å². The predicted octanol–water partition coefficient (Wildman–Crippen LogP) is 5.97. The highest BCUT2D eigenvalue weighted by Gasteiger charge is 2.33. The van der Waals surface area contributed by atoms with Crippen LogP contribution >= 0.6 is 23.2 Å². The normalized spacial score (nSPS) is 21.3. The standard InChI is InChI=1S/C27H37Cl2N5O2/c1-16-7-8-22(23(28)14-16)17(2)30-25-24(29)18(3)31-27(32-25)33-12-9-20(10-13-33)21-6-5-11-34(15-21)19(4)26(35)36/h7-8,14,17,19-21H,5-6,9-13,15H2,1-4H3,(H,35,36)(H,30,31,32)/t17-,19?,21?/m1/s1. The summed E-state index contributed by atoms with van der Waals surface area (Å²) in [7, 11) is 0. The molecule has 2 aliphatic rings. The molecule has 2 N–H and O–H groups in total. The number of aromatic nitrogens is 2. The number of hydrogen-bond acceptors (Lipinski definition) is 6. The summed E-state index contributed by atoms with van der Waals surface area (Å²) in [6.07, 6.45) is 4.37. The van der Waals surface area contributed by atoms with Gasteiger partial charge in [0.1, 0.15) is 11.1 Å². The quantitative estimate of drug-likeness (QED) is 0.453. The molecule has 0 amide bonds. The van der Waals surface area contributed by atoms with Gasteiger partial charge in [-0.15, -0.1) is 0 Å². The fraction of sp³-hybridized carbons (Fsp3) is 0.593. The molecule has 2 aromatic rings. The number of piperidine rings is 2. The van der Waals surface area contributed by atoms with Crippen LogP contribution < -0.4 is 10.2 Å². The fourth-order valence-electron chi connectivity index (χ4n) is 5.55. The monoisotopic (exact) mass is 533 g/mol. The fourth-order valence-corrected chi connectivity index (χ4v) is 6.09. The maximum absolute atomic E-state index is 11.5. The second kappa shape index (κ2) is 11.5. The number of carboxylic acid groups (broad SMARTS) is 1. The van der Waals surface area contributed by atoms with Crippen molar-refractivity contribution in [3.63, 3.8) is 0 Å². The van der Waals surface area contributed by atoms with Crippen LogP contribution in [0.4, 0.5) is 11.8 Å². The van der Waals surface area contributed by atoms with Crippen molar-refractivity contribution in [1.82, 2.24) is 14.9 Å². The smallest absolute Gasteiger partial charge is 0.320 e. The molecule has 0 bridgehead atoms. The van der Waals surface area contributed by atoms with Gasteiger partial charge < -0.3 is 15.3 Å². The zero-order valence-electron chi connectivity index (χ0n) is 21.6. The number of nitrogens with zero attached hydrogens (tertiary/aromatic N) is 4. The van der Waals surface area contributed by atoms with E-state index in [4.69, 9.17) is 33.2 Å². The van der Waals surface area contributed by atoms with Gasteiger partial charge in [0.2, 0.25) is 5.95 Å². The molecule has 1 aromatic heterocycles. The van der Waals surface area contributed by atoms with Crippen LogP contribution in [-0.4, -0.2) is 58.2 Å². The van der Waals surface area contributed by atoms with Crippen LogP contribution in [0.1, 0.15) is 62.4 Å². The van der Waals surface area contributed by atoms with Crippen LogP contribution in [0.15, 0.2) is 18.2 Å². The molecule has 2 unspecified atom stereocenters. The number of rotatable bonds is 7. The van der Waals surface area contributed by atoms with E-state index in [9.17, 15) is 9.90 Å². The van der Waals surface area contributed by atoms with Gasteiger partial charge in [-0.05, 0) is 89.0 Å². The van der Waals surface area contributed by atoms with Crippen molar-refractivity contribution in [3.8, 4) is 0 Å². The molecule has 2 fully saturated rings. The lowest BCUT2D eigenvalue weighted by atomic mass is 9.79. The molecule has 196 valence electrons. The first-order valence-electron chi connectivity index (χ1n) is 12.9. The van der Waals surface area contributed by atoms with Crippen LogP contribution in [0, 0.1) is 25.7 Å². The first kappa shape index (κ1) is 27.0. The van der Waals surface area contributed by atoms with E-state index >= 15 is 0 Å². The van der Waals surface area contributed by atoms with E-state index in [0.717, 1.165) is 67.3 Å². The summed E-state index contributed by atoms with van der Waals surface area (Å²) in [5, 5.41) is 14.1. The van der Waals surface area contributed by atoms with E-state index in [1.54, 1.807) is 6.92 Å². The number of hydrogen-bond donors (Lipinski definition) is 2. The molecule has 3 atom stereocenters. The molecule has 2 aliphatic heterocycles. The molecule has 2 saturated heterocycles. The second-order valence-corrected chi connectivity index (χ2v) is 11.2. The van der Waals surface area contributed by atoms with Crippen molar-refractivity contribution in [3.05, 3.63) is 45.1 Å². The lowest BCUT2D eigenvalue weighted by Gasteiger charge is -2.42. The molecule has 0 aliphatic carbocycles. The maximum Gasteiger partial charge on any atom is 0.320 e. The minimum Gasteiger partial charge on any atom is -0.480 e. The van der Waals surface area contributed by atoms with Gasteiger partial charge >= 0.3 is 5.97 Å². The number of likely N-dealkylation sites (tertiary alicyclic amines) is 1. The van der Waals surface area contributed by atoms with E-state index in [2.05, 4.69) is 21.2 Å². The van der Waals surface area contributed by atoms with E-state index in [0.29, 0.717) is 28.6 Å². The van der Waals surface area contributed by atoms with Crippen molar-refractivity contribution < 1.29 is 9.90 Å². The Morgan fingerprint density at radius 1 is 1.08 bits per heavy atom. The Hall–Kier alpha value is -2.09. The summed E-state index contributed by atoms with van der Waals surface area (Å²) < 4.78 is 0. The first-order valence-corrected chi connectivity index (χ1v) is 13.7. The van der Waals surface area contributed by atoms with Gasteiger partial charge in [0.05, 0.1) is 11.7 Å². The minimum absolute atomic E-state index is 0.0640. The van der Waals surface area contributed by atoms with Crippen molar-refractivity contribution in [2.75, 3.05) is 36.4 Å². The van der Waals surface area contributed by atoms with Crippen LogP contribution in [0.3, 0.4) is 0 Å². The van der Waals surface area contributed by atoms with Gasteiger partial charge in [-0.2, -0.15) is 4.98 Å². The van der Waals surface area contributed by atoms with Crippen LogP contribution in [0.5, 0.6) is 0 Å². The Morgan fingerprint density at radius 2 is 1.81 bits per heavy atom. The minimum atomic E-state index is -0.732. The summed E-state index contributed by atoms with van der Waals surface area (Å²) in [5.74, 6) is 1.73. The number of anilines is 2. The molecule has 0 spiro atoms. The molecule has 1 aromatic carbocycles. The molecule has 0 saturated carbocycles. The Morgan fingerprint density at radius 3 is 2.47 bits per heavy atom. The van der Waals surface area contributed by atoms with E-state index < -0.39 is 12.0 Å². The summed E-state index contributed by atoms with van der Waals surface area (Å²) >= 11 is 13.1. The Balaban J connectivity index is 1.42. The van der Waals surface area contributed by atoms with Gasteiger partial charge in [0.25, 0.3) is 0 Å². The second-order valence-electron chi connectivity index (χ2n) is 10.4. The van der Waals surface area contributed by atoms with Gasteiger partial charge in [-0.3, -0.25) is 9.69 Å². The lowest BCUT2D eigenvalue weighted by Crippen LogP contribution is -2.48. The number of halogens is 2. The average molecular weight is 535 g/mol. The number of carboxylic acids is 1. The highest BCUT2D eigenvalue weighted by molar-refractivity contribution is 6.33. The Bertz CT molecular complexity index is 1090. The first-order chi connectivity index (χ1) is 17.1. The topological polar surface area (TPSA) is 81.6 Å². The number of nitrogens with one attached hydrogen (secondary N) is 1. The number of aliphatic carboxylic acids is 1. The van der Waals surface area contributed by atoms with Crippen LogP contribution in [0.25, 0.3) is 0 Å². The lowest BCUT2D eigenvalue weighted by molar-refractivity contribution is -0.143. The average Bonchev–Trinajstić information content (AvgIpc) is 2.86. The van der Waals surface area contributed by atoms with Gasteiger partial charge in [-0.1, -0.05) is 35.3 Å². The molecule has 0 radical (unpaired) electrons. The van der Waals surface area contributed by atoms with E-state index in [1.807, 2.05) is 32.9 Å². The highest BCUT2D eigenvalue weighted by Crippen LogP contribution is 2.35. The van der Waals surface area contributed by atoms with Gasteiger partial charge in [0, 0.05) is 24.7 Å². The molecule has 9 heteroatoms. The molecule has 4 rings (SSSR count). The SMILES string of the molecule is Cc1ccc([C@@H](C)Nc2nc(N3CCC(C4CCCN(C(C)C(=O)O)C4)CC3)nc(C)c2Cl)c(Cl)c1. The molecular weight excluding hydrogens is 497 g/mol. The molecular formula is C27H37Cl2N5O2. The zero-order chi connectivity index (χ0) is 26.0. The molecule has 3 heterocycles. The summed E-state index contributed by atoms with van der Waals surface area (Å²) in [5.41, 5.74) is 2.87. The van der Waals surface area contributed by atoms with E-state index in [1.165, 1.54) is 6.42 Å². The third kappa shape index (κ3) is 6.06. The predicted molar refractivity (Wildman–Crippen MR) is 146 cm³/mol.